The summed E-state index contributed by atoms with van der Waals surface area (Å²) in [7, 11) is 1.64. The highest BCUT2D eigenvalue weighted by Gasteiger charge is 2.31. The summed E-state index contributed by atoms with van der Waals surface area (Å²) in [5, 5.41) is 2.84. The van der Waals surface area contributed by atoms with E-state index in [1.165, 1.54) is 16.2 Å². The van der Waals surface area contributed by atoms with E-state index in [0.717, 1.165) is 16.9 Å². The fourth-order valence-corrected chi connectivity index (χ4v) is 4.59. The van der Waals surface area contributed by atoms with Crippen LogP contribution in [0.5, 0.6) is 0 Å². The van der Waals surface area contributed by atoms with Gasteiger partial charge < -0.3 is 15.1 Å². The van der Waals surface area contributed by atoms with Crippen molar-refractivity contribution in [2.75, 3.05) is 23.8 Å². The summed E-state index contributed by atoms with van der Waals surface area (Å²) in [4.78, 5) is 42.8. The number of carbonyl (C=O) groups excluding carboxylic acids is 3. The number of para-hydroxylation sites is 2. The third kappa shape index (κ3) is 3.94. The number of rotatable bonds is 4. The number of anilines is 2. The van der Waals surface area contributed by atoms with Crippen molar-refractivity contribution in [2.45, 2.75) is 39.7 Å². The highest BCUT2D eigenvalue weighted by Crippen LogP contribution is 2.31. The predicted molar refractivity (Wildman–Crippen MR) is 112 cm³/mol. The number of thiophene rings is 1. The molecule has 0 fully saturated rings. The molecule has 0 spiro atoms. The molecule has 7 heteroatoms. The first-order valence-electron chi connectivity index (χ1n) is 9.37. The molecule has 0 bridgehead atoms. The summed E-state index contributed by atoms with van der Waals surface area (Å²) >= 11 is 1.46. The lowest BCUT2D eigenvalue weighted by atomic mass is 10.1. The highest BCUT2D eigenvalue weighted by molar-refractivity contribution is 7.14. The van der Waals surface area contributed by atoms with Crippen LogP contribution >= 0.6 is 11.3 Å². The van der Waals surface area contributed by atoms with Gasteiger partial charge in [-0.25, -0.2) is 0 Å². The Kier molecular flexibility index (Phi) is 5.84. The van der Waals surface area contributed by atoms with Gasteiger partial charge in [-0.1, -0.05) is 19.1 Å². The first-order valence-corrected chi connectivity index (χ1v) is 10.2. The van der Waals surface area contributed by atoms with E-state index in [0.29, 0.717) is 16.3 Å². The van der Waals surface area contributed by atoms with Crippen molar-refractivity contribution in [1.29, 1.82) is 0 Å². The van der Waals surface area contributed by atoms with Crippen LogP contribution in [0.2, 0.25) is 0 Å². The molecule has 2 aromatic rings. The minimum absolute atomic E-state index is 0.0515. The fourth-order valence-electron chi connectivity index (χ4n) is 3.48. The van der Waals surface area contributed by atoms with Gasteiger partial charge in [0.15, 0.2) is 0 Å². The minimum Gasteiger partial charge on any atom is -0.332 e. The summed E-state index contributed by atoms with van der Waals surface area (Å²) in [6.07, 6.45) is 1.09. The smallest absolute Gasteiger partial charge is 0.264 e. The molecule has 3 amide bonds. The fraction of sp³-hybridized carbons (Fsp3) is 0.381. The molecule has 2 heterocycles. The number of amides is 3. The largest absolute Gasteiger partial charge is 0.332 e. The third-order valence-corrected chi connectivity index (χ3v) is 6.04. The van der Waals surface area contributed by atoms with Crippen LogP contribution in [-0.2, 0) is 16.0 Å². The first kappa shape index (κ1) is 20.1. The molecule has 1 aliphatic rings. The maximum Gasteiger partial charge on any atom is 0.264 e. The Bertz CT molecular complexity index is 921. The van der Waals surface area contributed by atoms with Gasteiger partial charge in [-0.15, -0.1) is 11.3 Å². The molecule has 1 aromatic heterocycles. The molecule has 1 unspecified atom stereocenters. The van der Waals surface area contributed by atoms with E-state index in [9.17, 15) is 14.4 Å². The Hall–Kier alpha value is -2.67. The lowest BCUT2D eigenvalue weighted by Gasteiger charge is -2.29. The number of hydrogen-bond acceptors (Lipinski definition) is 4. The Morgan fingerprint density at radius 1 is 1.32 bits per heavy atom. The third-order valence-electron chi connectivity index (χ3n) is 4.96. The molecular weight excluding hydrogens is 374 g/mol. The Labute approximate surface area is 169 Å². The van der Waals surface area contributed by atoms with Gasteiger partial charge in [0, 0.05) is 24.4 Å². The maximum absolute atomic E-state index is 13.1. The number of nitrogens with zero attached hydrogens (tertiary/aromatic N) is 2. The SMILES string of the molecule is CCc1cc(C(=O)N(C)CC(=O)N2c3ccccc3NC(=O)CC2C)sc1C. The van der Waals surface area contributed by atoms with E-state index in [1.54, 1.807) is 18.0 Å². The van der Waals surface area contributed by atoms with Gasteiger partial charge in [0.25, 0.3) is 5.91 Å². The normalized spacial score (nSPS) is 16.2. The Balaban J connectivity index is 1.81. The molecular formula is C21H25N3O3S. The van der Waals surface area contributed by atoms with Crippen LogP contribution in [-0.4, -0.2) is 42.3 Å². The summed E-state index contributed by atoms with van der Waals surface area (Å²) in [5.74, 6) is -0.497. The van der Waals surface area contributed by atoms with Crippen molar-refractivity contribution in [3.05, 3.63) is 45.6 Å². The molecule has 0 saturated carbocycles. The minimum atomic E-state index is -0.296. The van der Waals surface area contributed by atoms with E-state index in [1.807, 2.05) is 38.1 Å². The Morgan fingerprint density at radius 2 is 2.04 bits per heavy atom. The molecule has 1 N–H and O–H groups in total. The van der Waals surface area contributed by atoms with E-state index >= 15 is 0 Å². The molecule has 0 saturated heterocycles. The standard InChI is InChI=1S/C21H25N3O3S/c1-5-15-11-18(28-14(15)3)21(27)23(4)12-20(26)24-13(2)10-19(25)22-16-8-6-7-9-17(16)24/h6-9,11,13H,5,10,12H2,1-4H3,(H,22,25). The lowest BCUT2D eigenvalue weighted by molar-refractivity contribution is -0.119. The van der Waals surface area contributed by atoms with Gasteiger partial charge in [-0.05, 0) is 44.0 Å². The van der Waals surface area contributed by atoms with Crippen LogP contribution in [0.3, 0.4) is 0 Å². The quantitative estimate of drug-likeness (QED) is 0.856. The zero-order valence-electron chi connectivity index (χ0n) is 16.6. The van der Waals surface area contributed by atoms with Crippen LogP contribution in [0.1, 0.15) is 40.4 Å². The summed E-state index contributed by atoms with van der Waals surface area (Å²) in [5.41, 5.74) is 2.43. The first-order chi connectivity index (χ1) is 13.3. The molecule has 0 radical (unpaired) electrons. The second kappa shape index (κ2) is 8.14. The van der Waals surface area contributed by atoms with Crippen molar-refractivity contribution >= 4 is 40.4 Å². The molecule has 1 atom stereocenters. The monoisotopic (exact) mass is 399 g/mol. The lowest BCUT2D eigenvalue weighted by Crippen LogP contribution is -2.45. The molecule has 0 aliphatic carbocycles. The number of fused-ring (bicyclic) bond motifs is 1. The van der Waals surface area contributed by atoms with Crippen molar-refractivity contribution in [2.24, 2.45) is 0 Å². The van der Waals surface area contributed by atoms with Gasteiger partial charge in [0.2, 0.25) is 11.8 Å². The maximum atomic E-state index is 13.1. The van der Waals surface area contributed by atoms with Crippen molar-refractivity contribution in [3.63, 3.8) is 0 Å². The summed E-state index contributed by atoms with van der Waals surface area (Å²) in [6, 6.07) is 8.86. The van der Waals surface area contributed by atoms with Gasteiger partial charge in [0.05, 0.1) is 16.3 Å². The molecule has 6 nitrogen and oxygen atoms in total. The zero-order chi connectivity index (χ0) is 20.4. The highest BCUT2D eigenvalue weighted by atomic mass is 32.1. The van der Waals surface area contributed by atoms with Crippen molar-refractivity contribution in [1.82, 2.24) is 4.90 Å². The van der Waals surface area contributed by atoms with Gasteiger partial charge >= 0.3 is 0 Å². The molecule has 1 aliphatic heterocycles. The van der Waals surface area contributed by atoms with Crippen LogP contribution in [0.4, 0.5) is 11.4 Å². The van der Waals surface area contributed by atoms with E-state index < -0.39 is 0 Å². The van der Waals surface area contributed by atoms with Gasteiger partial charge in [-0.3, -0.25) is 14.4 Å². The number of nitrogens with one attached hydrogen (secondary N) is 1. The molecule has 148 valence electrons. The van der Waals surface area contributed by atoms with Crippen molar-refractivity contribution < 1.29 is 14.4 Å². The number of likely N-dealkylation sites (N-methyl/N-ethyl adjacent to an activating group) is 1. The molecule has 1 aromatic carbocycles. The second-order valence-electron chi connectivity index (χ2n) is 7.09. The average Bonchev–Trinajstić information content (AvgIpc) is 2.96. The van der Waals surface area contributed by atoms with Gasteiger partial charge in [0.1, 0.15) is 6.54 Å². The number of aryl methyl sites for hydroxylation is 2. The zero-order valence-corrected chi connectivity index (χ0v) is 17.4. The van der Waals surface area contributed by atoms with E-state index in [2.05, 4.69) is 12.2 Å². The van der Waals surface area contributed by atoms with Crippen LogP contribution in [0, 0.1) is 6.92 Å². The molecule has 28 heavy (non-hydrogen) atoms. The topological polar surface area (TPSA) is 69.7 Å². The summed E-state index contributed by atoms with van der Waals surface area (Å²) < 4.78 is 0. The molecule has 3 rings (SSSR count). The second-order valence-corrected chi connectivity index (χ2v) is 8.35. The van der Waals surface area contributed by atoms with Crippen molar-refractivity contribution in [3.8, 4) is 0 Å². The number of hydrogen-bond donors (Lipinski definition) is 1. The van der Waals surface area contributed by atoms with Crippen LogP contribution in [0.25, 0.3) is 0 Å². The van der Waals surface area contributed by atoms with Crippen LogP contribution < -0.4 is 10.2 Å². The summed E-state index contributed by atoms with van der Waals surface area (Å²) in [6.45, 7) is 5.86. The average molecular weight is 400 g/mol. The van der Waals surface area contributed by atoms with Gasteiger partial charge in [-0.2, -0.15) is 0 Å². The van der Waals surface area contributed by atoms with E-state index in [-0.39, 0.29) is 36.7 Å². The van der Waals surface area contributed by atoms with E-state index in [4.69, 9.17) is 0 Å². The number of carbonyl (C=O) groups is 3. The predicted octanol–water partition coefficient (Wildman–Crippen LogP) is 3.45. The number of benzene rings is 1. The Morgan fingerprint density at radius 3 is 2.71 bits per heavy atom. The van der Waals surface area contributed by atoms with Crippen LogP contribution in [0.15, 0.2) is 30.3 Å².